The summed E-state index contributed by atoms with van der Waals surface area (Å²) in [7, 11) is 1.60. The third kappa shape index (κ3) is 5.31. The second-order valence-electron chi connectivity index (χ2n) is 11.3. The highest BCUT2D eigenvalue weighted by Gasteiger charge is 2.34. The number of carbonyl (C=O) groups excluding carboxylic acids is 1. The first-order chi connectivity index (χ1) is 19.1. The van der Waals surface area contributed by atoms with E-state index in [1.165, 1.54) is 16.6 Å². The fraction of sp³-hybridized carbons (Fsp3) is 0.406. The average molecular weight is 576 g/mol. The summed E-state index contributed by atoms with van der Waals surface area (Å²) in [4.78, 5) is 34.3. The molecule has 4 aromatic rings. The lowest BCUT2D eigenvalue weighted by molar-refractivity contribution is -0.113. The van der Waals surface area contributed by atoms with Gasteiger partial charge >= 0.3 is 0 Å². The Morgan fingerprint density at radius 1 is 1.20 bits per heavy atom. The summed E-state index contributed by atoms with van der Waals surface area (Å²) < 4.78 is 7.27. The molecule has 0 bridgehead atoms. The number of anilines is 1. The van der Waals surface area contributed by atoms with Crippen molar-refractivity contribution in [1.29, 1.82) is 0 Å². The molecular formula is C32H37N3O3S2. The van der Waals surface area contributed by atoms with Crippen molar-refractivity contribution in [3.05, 3.63) is 74.4 Å². The summed E-state index contributed by atoms with van der Waals surface area (Å²) in [5, 5.41) is 4.22. The van der Waals surface area contributed by atoms with Gasteiger partial charge in [0.25, 0.3) is 5.56 Å². The average Bonchev–Trinajstić information content (AvgIpc) is 3.32. The molecule has 1 aliphatic rings. The van der Waals surface area contributed by atoms with Gasteiger partial charge < -0.3 is 10.1 Å². The van der Waals surface area contributed by atoms with Crippen LogP contribution in [0.5, 0.6) is 5.75 Å². The molecule has 0 radical (unpaired) electrons. The SMILES string of the molecule is CCC(C)(C)[C@@H]1CCc2c(sc3nc(SCC(=O)Nc4cccc(C)c4C)n(-c4ccccc4OC)c(=O)c23)C1. The molecule has 0 aliphatic heterocycles. The lowest BCUT2D eigenvalue weighted by atomic mass is 9.70. The van der Waals surface area contributed by atoms with Crippen molar-refractivity contribution in [1.82, 2.24) is 9.55 Å². The number of nitrogens with zero attached hydrogens (tertiary/aromatic N) is 2. The maximum atomic E-state index is 14.3. The van der Waals surface area contributed by atoms with Crippen LogP contribution in [0.15, 0.2) is 52.4 Å². The van der Waals surface area contributed by atoms with Crippen molar-refractivity contribution in [2.75, 3.05) is 18.2 Å². The van der Waals surface area contributed by atoms with Gasteiger partial charge in [-0.05, 0) is 79.3 Å². The van der Waals surface area contributed by atoms with E-state index in [2.05, 4.69) is 26.1 Å². The lowest BCUT2D eigenvalue weighted by Crippen LogP contribution is -2.29. The summed E-state index contributed by atoms with van der Waals surface area (Å²) in [6, 6.07) is 13.3. The molecule has 0 saturated heterocycles. The Bertz CT molecular complexity index is 1640. The van der Waals surface area contributed by atoms with Gasteiger partial charge in [0.05, 0.1) is 23.9 Å². The zero-order valence-electron chi connectivity index (χ0n) is 24.1. The summed E-state index contributed by atoms with van der Waals surface area (Å²) in [5.41, 5.74) is 4.89. The number of para-hydroxylation sites is 2. The Balaban J connectivity index is 1.55. The molecule has 2 aromatic heterocycles. The number of hydrogen-bond acceptors (Lipinski definition) is 6. The molecule has 1 amide bonds. The first kappa shape index (κ1) is 28.4. The summed E-state index contributed by atoms with van der Waals surface area (Å²) in [6.45, 7) is 11.0. The van der Waals surface area contributed by atoms with Crippen LogP contribution in [0.4, 0.5) is 5.69 Å². The van der Waals surface area contributed by atoms with Gasteiger partial charge in [0.2, 0.25) is 5.91 Å². The molecule has 0 spiro atoms. The van der Waals surface area contributed by atoms with Crippen LogP contribution in [0.3, 0.4) is 0 Å². The molecule has 1 aliphatic carbocycles. The number of aromatic nitrogens is 2. The number of carbonyl (C=O) groups is 1. The normalized spacial score (nSPS) is 15.2. The van der Waals surface area contributed by atoms with Gasteiger partial charge in [-0.15, -0.1) is 11.3 Å². The van der Waals surface area contributed by atoms with Crippen LogP contribution in [0.1, 0.15) is 55.2 Å². The Morgan fingerprint density at radius 3 is 2.73 bits per heavy atom. The molecule has 210 valence electrons. The molecule has 8 heteroatoms. The standard InChI is InChI=1S/C32H37N3O3S2/c1-7-32(4,5)21-15-16-22-26(17-21)40-29-28(22)30(37)35(24-13-8-9-14-25(24)38-6)31(34-29)39-18-27(36)33-23-12-10-11-19(2)20(23)3/h8-14,21H,7,15-18H2,1-6H3,(H,33,36)/t21-/m1/s1. The minimum atomic E-state index is -0.144. The van der Waals surface area contributed by atoms with Crippen molar-refractivity contribution < 1.29 is 9.53 Å². The van der Waals surface area contributed by atoms with Crippen LogP contribution < -0.4 is 15.6 Å². The van der Waals surface area contributed by atoms with Crippen molar-refractivity contribution >= 4 is 44.9 Å². The highest BCUT2D eigenvalue weighted by atomic mass is 32.2. The van der Waals surface area contributed by atoms with Gasteiger partial charge in [0, 0.05) is 10.6 Å². The third-order valence-corrected chi connectivity index (χ3v) is 10.7. The molecule has 1 N–H and O–H groups in total. The van der Waals surface area contributed by atoms with Gasteiger partial charge in [-0.3, -0.25) is 14.2 Å². The number of thiophene rings is 1. The van der Waals surface area contributed by atoms with Crippen molar-refractivity contribution in [3.63, 3.8) is 0 Å². The molecular weight excluding hydrogens is 539 g/mol. The van der Waals surface area contributed by atoms with Gasteiger partial charge in [-0.25, -0.2) is 4.98 Å². The van der Waals surface area contributed by atoms with Crippen molar-refractivity contribution in [2.24, 2.45) is 11.3 Å². The van der Waals surface area contributed by atoms with E-state index in [1.54, 1.807) is 23.0 Å². The molecule has 0 fully saturated rings. The molecule has 6 nitrogen and oxygen atoms in total. The maximum absolute atomic E-state index is 14.3. The Labute approximate surface area is 244 Å². The molecule has 2 heterocycles. The number of ether oxygens (including phenoxy) is 1. The van der Waals surface area contributed by atoms with E-state index in [0.29, 0.717) is 27.9 Å². The fourth-order valence-corrected chi connectivity index (χ4v) is 7.63. The maximum Gasteiger partial charge on any atom is 0.267 e. The zero-order valence-corrected chi connectivity index (χ0v) is 25.7. The van der Waals surface area contributed by atoms with Crippen LogP contribution in [0, 0.1) is 25.2 Å². The van der Waals surface area contributed by atoms with Crippen LogP contribution in [-0.4, -0.2) is 28.3 Å². The number of methoxy groups -OCH3 is 1. The number of nitrogens with one attached hydrogen (secondary N) is 1. The van der Waals surface area contributed by atoms with Crippen molar-refractivity contribution in [2.45, 2.75) is 65.5 Å². The molecule has 0 unspecified atom stereocenters. The number of aryl methyl sites for hydroxylation is 2. The quantitative estimate of drug-likeness (QED) is 0.176. The van der Waals surface area contributed by atoms with E-state index in [0.717, 1.165) is 52.9 Å². The van der Waals surface area contributed by atoms with Gasteiger partial charge in [0.1, 0.15) is 10.6 Å². The molecule has 0 saturated carbocycles. The van der Waals surface area contributed by atoms with Gasteiger partial charge in [-0.1, -0.05) is 63.2 Å². The van der Waals surface area contributed by atoms with E-state index in [-0.39, 0.29) is 22.6 Å². The smallest absolute Gasteiger partial charge is 0.267 e. The number of rotatable bonds is 8. The highest BCUT2D eigenvalue weighted by molar-refractivity contribution is 7.99. The topological polar surface area (TPSA) is 73.2 Å². The molecule has 2 aromatic carbocycles. The van der Waals surface area contributed by atoms with Crippen LogP contribution >= 0.6 is 23.1 Å². The Kier molecular flexibility index (Phi) is 8.11. The van der Waals surface area contributed by atoms with E-state index in [1.807, 2.05) is 56.3 Å². The van der Waals surface area contributed by atoms with Crippen LogP contribution in [0.25, 0.3) is 15.9 Å². The van der Waals surface area contributed by atoms with Gasteiger partial charge in [0.15, 0.2) is 5.16 Å². The predicted octanol–water partition coefficient (Wildman–Crippen LogP) is 7.34. The predicted molar refractivity (Wildman–Crippen MR) is 167 cm³/mol. The second-order valence-corrected chi connectivity index (χ2v) is 13.3. The molecule has 1 atom stereocenters. The number of amides is 1. The van der Waals surface area contributed by atoms with Crippen molar-refractivity contribution in [3.8, 4) is 11.4 Å². The first-order valence-corrected chi connectivity index (χ1v) is 15.6. The Morgan fingerprint density at radius 2 is 1.98 bits per heavy atom. The fourth-order valence-electron chi connectivity index (χ4n) is 5.49. The summed E-state index contributed by atoms with van der Waals surface area (Å²) >= 11 is 2.92. The minimum absolute atomic E-state index is 0.0994. The number of fused-ring (bicyclic) bond motifs is 3. The lowest BCUT2D eigenvalue weighted by Gasteiger charge is -2.36. The zero-order chi connectivity index (χ0) is 28.6. The first-order valence-electron chi connectivity index (χ1n) is 13.8. The van der Waals surface area contributed by atoms with Crippen LogP contribution in [0.2, 0.25) is 0 Å². The monoisotopic (exact) mass is 575 g/mol. The van der Waals surface area contributed by atoms with E-state index in [9.17, 15) is 9.59 Å². The number of benzene rings is 2. The van der Waals surface area contributed by atoms with E-state index >= 15 is 0 Å². The highest BCUT2D eigenvalue weighted by Crippen LogP contribution is 2.44. The number of hydrogen-bond donors (Lipinski definition) is 1. The second kappa shape index (κ2) is 11.4. The Hall–Kier alpha value is -3.10. The largest absolute Gasteiger partial charge is 0.495 e. The van der Waals surface area contributed by atoms with Crippen LogP contribution in [-0.2, 0) is 17.6 Å². The minimum Gasteiger partial charge on any atom is -0.495 e. The number of thioether (sulfide) groups is 1. The summed E-state index contributed by atoms with van der Waals surface area (Å²) in [6.07, 6.45) is 4.06. The van der Waals surface area contributed by atoms with E-state index < -0.39 is 0 Å². The molecule has 5 rings (SSSR count). The molecule has 40 heavy (non-hydrogen) atoms. The summed E-state index contributed by atoms with van der Waals surface area (Å²) in [5.74, 6) is 1.14. The van der Waals surface area contributed by atoms with E-state index in [4.69, 9.17) is 9.72 Å². The third-order valence-electron chi connectivity index (χ3n) is 8.61. The van der Waals surface area contributed by atoms with Gasteiger partial charge in [-0.2, -0.15) is 0 Å².